The zero-order valence-corrected chi connectivity index (χ0v) is 12.9. The van der Waals surface area contributed by atoms with Crippen LogP contribution in [0.3, 0.4) is 0 Å². The molecule has 0 fully saturated rings. The third-order valence-corrected chi connectivity index (χ3v) is 4.83. The SMILES string of the molecule is Cc1cc(CNc2cccc(S(=O)(=O)N(C)C)c2N)no1. The number of anilines is 2. The Morgan fingerprint density at radius 3 is 2.67 bits per heavy atom. The fraction of sp³-hybridized carbons (Fsp3) is 0.308. The topological polar surface area (TPSA) is 101 Å². The number of rotatable bonds is 5. The first-order valence-electron chi connectivity index (χ1n) is 6.29. The second kappa shape index (κ2) is 5.74. The lowest BCUT2D eigenvalue weighted by atomic mass is 10.2. The van der Waals surface area contributed by atoms with E-state index >= 15 is 0 Å². The molecular weight excluding hydrogens is 292 g/mol. The summed E-state index contributed by atoms with van der Waals surface area (Å²) in [7, 11) is -0.644. The molecule has 0 aliphatic rings. The van der Waals surface area contributed by atoms with Crippen LogP contribution in [-0.4, -0.2) is 32.0 Å². The summed E-state index contributed by atoms with van der Waals surface area (Å²) >= 11 is 0. The Bertz CT molecular complexity index is 738. The van der Waals surface area contributed by atoms with Crippen LogP contribution in [-0.2, 0) is 16.6 Å². The van der Waals surface area contributed by atoms with E-state index in [1.165, 1.54) is 20.2 Å². The van der Waals surface area contributed by atoms with Crippen molar-refractivity contribution in [2.45, 2.75) is 18.4 Å². The second-order valence-electron chi connectivity index (χ2n) is 4.79. The van der Waals surface area contributed by atoms with Gasteiger partial charge in [-0.15, -0.1) is 0 Å². The van der Waals surface area contributed by atoms with Crippen molar-refractivity contribution in [3.63, 3.8) is 0 Å². The Morgan fingerprint density at radius 2 is 2.10 bits per heavy atom. The number of nitrogen functional groups attached to an aromatic ring is 1. The fourth-order valence-electron chi connectivity index (χ4n) is 1.81. The summed E-state index contributed by atoms with van der Waals surface area (Å²) in [6.07, 6.45) is 0. The molecule has 0 amide bonds. The number of nitrogens with one attached hydrogen (secondary N) is 1. The van der Waals surface area contributed by atoms with Crippen molar-refractivity contribution in [2.24, 2.45) is 0 Å². The standard InChI is InChI=1S/C13H18N4O3S/c1-9-7-10(16-20-9)8-15-11-5-4-6-12(13(11)14)21(18,19)17(2)3/h4-7,15H,8,14H2,1-3H3. The molecule has 0 saturated heterocycles. The minimum atomic E-state index is -3.57. The molecule has 0 saturated carbocycles. The summed E-state index contributed by atoms with van der Waals surface area (Å²) in [5, 5.41) is 6.92. The smallest absolute Gasteiger partial charge is 0.244 e. The monoisotopic (exact) mass is 310 g/mol. The van der Waals surface area contributed by atoms with Crippen molar-refractivity contribution < 1.29 is 12.9 Å². The molecule has 0 atom stereocenters. The number of nitrogens with two attached hydrogens (primary N) is 1. The average molecular weight is 310 g/mol. The van der Waals surface area contributed by atoms with Crippen molar-refractivity contribution in [3.05, 3.63) is 35.7 Å². The van der Waals surface area contributed by atoms with Gasteiger partial charge in [0, 0.05) is 20.2 Å². The minimum Gasteiger partial charge on any atom is -0.396 e. The molecule has 0 spiro atoms. The van der Waals surface area contributed by atoms with Gasteiger partial charge in [-0.3, -0.25) is 0 Å². The largest absolute Gasteiger partial charge is 0.396 e. The Balaban J connectivity index is 2.26. The number of para-hydroxylation sites is 1. The van der Waals surface area contributed by atoms with E-state index in [0.717, 1.165) is 4.31 Å². The van der Waals surface area contributed by atoms with Crippen LogP contribution in [0.1, 0.15) is 11.5 Å². The van der Waals surface area contributed by atoms with Crippen LogP contribution in [0.2, 0.25) is 0 Å². The summed E-state index contributed by atoms with van der Waals surface area (Å²) in [4.78, 5) is 0.0776. The van der Waals surface area contributed by atoms with Crippen LogP contribution in [0.25, 0.3) is 0 Å². The number of aryl methyl sites for hydroxylation is 1. The zero-order valence-electron chi connectivity index (χ0n) is 12.1. The molecule has 114 valence electrons. The highest BCUT2D eigenvalue weighted by molar-refractivity contribution is 7.89. The molecule has 21 heavy (non-hydrogen) atoms. The molecular formula is C13H18N4O3S. The van der Waals surface area contributed by atoms with E-state index in [1.807, 2.05) is 0 Å². The predicted octanol–water partition coefficient (Wildman–Crippen LogP) is 1.43. The maximum atomic E-state index is 12.2. The van der Waals surface area contributed by atoms with Gasteiger partial charge in [0.05, 0.1) is 17.9 Å². The number of nitrogens with zero attached hydrogens (tertiary/aromatic N) is 2. The molecule has 0 aliphatic heterocycles. The molecule has 1 aromatic heterocycles. The van der Waals surface area contributed by atoms with Crippen LogP contribution in [0.5, 0.6) is 0 Å². The maximum Gasteiger partial charge on any atom is 0.244 e. The van der Waals surface area contributed by atoms with Crippen LogP contribution >= 0.6 is 0 Å². The number of hydrogen-bond donors (Lipinski definition) is 2. The van der Waals surface area contributed by atoms with E-state index in [4.69, 9.17) is 10.3 Å². The Hall–Kier alpha value is -2.06. The molecule has 0 aliphatic carbocycles. The van der Waals surface area contributed by atoms with Gasteiger partial charge in [-0.05, 0) is 19.1 Å². The zero-order chi connectivity index (χ0) is 15.6. The lowest BCUT2D eigenvalue weighted by Crippen LogP contribution is -2.23. The Morgan fingerprint density at radius 1 is 1.38 bits per heavy atom. The van der Waals surface area contributed by atoms with Crippen molar-refractivity contribution in [3.8, 4) is 0 Å². The van der Waals surface area contributed by atoms with Crippen LogP contribution < -0.4 is 11.1 Å². The van der Waals surface area contributed by atoms with Crippen molar-refractivity contribution >= 4 is 21.4 Å². The maximum absolute atomic E-state index is 12.2. The van der Waals surface area contributed by atoms with Gasteiger partial charge in [0.2, 0.25) is 10.0 Å². The van der Waals surface area contributed by atoms with Gasteiger partial charge in [0.25, 0.3) is 0 Å². The highest BCUT2D eigenvalue weighted by atomic mass is 32.2. The minimum absolute atomic E-state index is 0.0776. The first-order valence-corrected chi connectivity index (χ1v) is 7.73. The number of hydrogen-bond acceptors (Lipinski definition) is 6. The van der Waals surface area contributed by atoms with Crippen LogP contribution in [0.4, 0.5) is 11.4 Å². The molecule has 3 N–H and O–H groups in total. The Labute approximate surface area is 123 Å². The van der Waals surface area contributed by atoms with Crippen molar-refractivity contribution in [1.29, 1.82) is 0 Å². The van der Waals surface area contributed by atoms with Gasteiger partial charge in [-0.25, -0.2) is 12.7 Å². The van der Waals surface area contributed by atoms with Gasteiger partial charge >= 0.3 is 0 Å². The normalized spacial score (nSPS) is 11.8. The predicted molar refractivity (Wildman–Crippen MR) is 80.3 cm³/mol. The van der Waals surface area contributed by atoms with Crippen LogP contribution in [0, 0.1) is 6.92 Å². The molecule has 8 heteroatoms. The van der Waals surface area contributed by atoms with E-state index in [-0.39, 0.29) is 10.6 Å². The summed E-state index contributed by atoms with van der Waals surface area (Å²) < 4.78 is 30.4. The van der Waals surface area contributed by atoms with E-state index in [9.17, 15) is 8.42 Å². The molecule has 2 rings (SSSR count). The van der Waals surface area contributed by atoms with Gasteiger partial charge in [-0.1, -0.05) is 11.2 Å². The average Bonchev–Trinajstić information content (AvgIpc) is 2.83. The molecule has 0 bridgehead atoms. The first-order chi connectivity index (χ1) is 9.82. The quantitative estimate of drug-likeness (QED) is 0.810. The Kier molecular flexibility index (Phi) is 4.19. The second-order valence-corrected chi connectivity index (χ2v) is 6.91. The lowest BCUT2D eigenvalue weighted by Gasteiger charge is -2.16. The molecule has 7 nitrogen and oxygen atoms in total. The number of sulfonamides is 1. The van der Waals surface area contributed by atoms with E-state index in [2.05, 4.69) is 10.5 Å². The third kappa shape index (κ3) is 3.17. The molecule has 1 aromatic carbocycles. The number of benzene rings is 1. The summed E-state index contributed by atoms with van der Waals surface area (Å²) in [6.45, 7) is 2.20. The summed E-state index contributed by atoms with van der Waals surface area (Å²) in [6, 6.07) is 6.64. The highest BCUT2D eigenvalue weighted by Gasteiger charge is 2.21. The number of aromatic nitrogens is 1. The van der Waals surface area contributed by atoms with Gasteiger partial charge < -0.3 is 15.6 Å². The van der Waals surface area contributed by atoms with Gasteiger partial charge in [0.1, 0.15) is 16.3 Å². The summed E-state index contributed by atoms with van der Waals surface area (Å²) in [5.74, 6) is 0.712. The van der Waals surface area contributed by atoms with E-state index in [0.29, 0.717) is 23.7 Å². The molecule has 2 aromatic rings. The molecule has 1 heterocycles. The highest BCUT2D eigenvalue weighted by Crippen LogP contribution is 2.28. The van der Waals surface area contributed by atoms with E-state index < -0.39 is 10.0 Å². The molecule has 0 unspecified atom stereocenters. The first kappa shape index (κ1) is 15.3. The van der Waals surface area contributed by atoms with Gasteiger partial charge in [-0.2, -0.15) is 0 Å². The third-order valence-electron chi connectivity index (χ3n) is 2.96. The van der Waals surface area contributed by atoms with Crippen LogP contribution in [0.15, 0.2) is 33.7 Å². The van der Waals surface area contributed by atoms with Gasteiger partial charge in [0.15, 0.2) is 0 Å². The summed E-state index contributed by atoms with van der Waals surface area (Å²) in [5.41, 5.74) is 7.41. The van der Waals surface area contributed by atoms with Crippen molar-refractivity contribution in [1.82, 2.24) is 9.46 Å². The molecule has 0 radical (unpaired) electrons. The van der Waals surface area contributed by atoms with Crippen molar-refractivity contribution in [2.75, 3.05) is 25.1 Å². The lowest BCUT2D eigenvalue weighted by molar-refractivity contribution is 0.391. The fourth-order valence-corrected chi connectivity index (χ4v) is 2.84. The van der Waals surface area contributed by atoms with E-state index in [1.54, 1.807) is 25.1 Å².